The predicted molar refractivity (Wildman–Crippen MR) is 82.0 cm³/mol. The molecule has 1 N–H and O–H groups in total. The van der Waals surface area contributed by atoms with Gasteiger partial charge in [0, 0.05) is 35.7 Å². The molecule has 0 aliphatic heterocycles. The van der Waals surface area contributed by atoms with Gasteiger partial charge in [-0.1, -0.05) is 38.4 Å². The Bertz CT molecular complexity index is 646. The van der Waals surface area contributed by atoms with Gasteiger partial charge in [0.2, 0.25) is 0 Å². The van der Waals surface area contributed by atoms with Gasteiger partial charge in [-0.05, 0) is 17.7 Å². The first-order valence-electron chi connectivity index (χ1n) is 6.84. The Kier molecular flexibility index (Phi) is 4.40. The summed E-state index contributed by atoms with van der Waals surface area (Å²) in [6.45, 7) is 6.11. The second-order valence-corrected chi connectivity index (χ2v) is 6.75. The average molecular weight is 311 g/mol. The van der Waals surface area contributed by atoms with Gasteiger partial charge in [-0.3, -0.25) is 4.68 Å². The third-order valence-corrected chi connectivity index (χ3v) is 3.59. The molecule has 0 saturated carbocycles. The van der Waals surface area contributed by atoms with E-state index < -0.39 is 11.9 Å². The second-order valence-electron chi connectivity index (χ2n) is 6.31. The van der Waals surface area contributed by atoms with Crippen molar-refractivity contribution in [1.29, 1.82) is 0 Å². The summed E-state index contributed by atoms with van der Waals surface area (Å²) in [7, 11) is 1.81. The monoisotopic (exact) mass is 310 g/mol. The van der Waals surface area contributed by atoms with Gasteiger partial charge in [0.25, 0.3) is 0 Å². The lowest BCUT2D eigenvalue weighted by Gasteiger charge is -2.20. The molecule has 3 nitrogen and oxygen atoms in total. The van der Waals surface area contributed by atoms with Crippen LogP contribution in [0.3, 0.4) is 0 Å². The van der Waals surface area contributed by atoms with E-state index in [-0.39, 0.29) is 11.8 Å². The van der Waals surface area contributed by atoms with Crippen LogP contribution in [0.15, 0.2) is 24.4 Å². The first-order chi connectivity index (χ1) is 9.68. The highest BCUT2D eigenvalue weighted by molar-refractivity contribution is 6.30. The Morgan fingerprint density at radius 3 is 2.62 bits per heavy atom. The molecule has 114 valence electrons. The lowest BCUT2D eigenvalue weighted by atomic mass is 9.87. The Balaban J connectivity index is 2.30. The van der Waals surface area contributed by atoms with Crippen LogP contribution in [-0.2, 0) is 18.9 Å². The van der Waals surface area contributed by atoms with E-state index in [0.29, 0.717) is 10.6 Å². The highest BCUT2D eigenvalue weighted by Crippen LogP contribution is 2.30. The minimum absolute atomic E-state index is 0.184. The summed E-state index contributed by atoms with van der Waals surface area (Å²) >= 11 is 5.74. The van der Waals surface area contributed by atoms with Crippen LogP contribution in [-0.4, -0.2) is 14.9 Å². The molecule has 1 aromatic heterocycles. The van der Waals surface area contributed by atoms with Crippen LogP contribution in [0.2, 0.25) is 5.02 Å². The SMILES string of the molecule is Cn1cc(C(O)Cc2ccc(Cl)cc2F)c(C(C)(C)C)n1. The van der Waals surface area contributed by atoms with Gasteiger partial charge in [0.1, 0.15) is 5.82 Å². The van der Waals surface area contributed by atoms with Crippen molar-refractivity contribution in [2.24, 2.45) is 7.05 Å². The summed E-state index contributed by atoms with van der Waals surface area (Å²) in [5, 5.41) is 15.2. The van der Waals surface area contributed by atoms with Gasteiger partial charge in [-0.2, -0.15) is 5.10 Å². The predicted octanol–water partition coefficient (Wildman–Crippen LogP) is 3.79. The summed E-state index contributed by atoms with van der Waals surface area (Å²) in [6, 6.07) is 4.49. The van der Waals surface area contributed by atoms with Crippen LogP contribution < -0.4 is 0 Å². The minimum atomic E-state index is -0.802. The van der Waals surface area contributed by atoms with Crippen LogP contribution in [0.1, 0.15) is 43.7 Å². The molecule has 0 aliphatic carbocycles. The van der Waals surface area contributed by atoms with E-state index in [1.807, 2.05) is 27.8 Å². The van der Waals surface area contributed by atoms with Gasteiger partial charge in [-0.25, -0.2) is 4.39 Å². The Hall–Kier alpha value is -1.39. The van der Waals surface area contributed by atoms with E-state index in [9.17, 15) is 9.50 Å². The average Bonchev–Trinajstić information content (AvgIpc) is 2.75. The maximum atomic E-state index is 13.8. The quantitative estimate of drug-likeness (QED) is 0.936. The number of benzene rings is 1. The molecule has 0 fully saturated rings. The summed E-state index contributed by atoms with van der Waals surface area (Å²) < 4.78 is 15.5. The number of aryl methyl sites for hydroxylation is 1. The number of aromatic nitrogens is 2. The molecule has 2 aromatic rings. The standard InChI is InChI=1S/C16H20ClFN2O/c1-16(2,3)15-12(9-20(4)19-15)14(21)7-10-5-6-11(17)8-13(10)18/h5-6,8-9,14,21H,7H2,1-4H3. The van der Waals surface area contributed by atoms with Crippen LogP contribution in [0.25, 0.3) is 0 Å². The van der Waals surface area contributed by atoms with E-state index in [4.69, 9.17) is 11.6 Å². The molecular weight excluding hydrogens is 291 g/mol. The van der Waals surface area contributed by atoms with Crippen molar-refractivity contribution in [2.45, 2.75) is 38.7 Å². The number of halogens is 2. The largest absolute Gasteiger partial charge is 0.388 e. The Labute approximate surface area is 129 Å². The highest BCUT2D eigenvalue weighted by Gasteiger charge is 2.26. The smallest absolute Gasteiger partial charge is 0.127 e. The van der Waals surface area contributed by atoms with Crippen molar-refractivity contribution in [3.05, 3.63) is 52.1 Å². The van der Waals surface area contributed by atoms with Crippen LogP contribution in [0, 0.1) is 5.82 Å². The molecule has 1 unspecified atom stereocenters. The van der Waals surface area contributed by atoms with Crippen molar-refractivity contribution in [2.75, 3.05) is 0 Å². The molecule has 0 amide bonds. The summed E-state index contributed by atoms with van der Waals surface area (Å²) in [5.74, 6) is -0.400. The molecule has 1 atom stereocenters. The van der Waals surface area contributed by atoms with Gasteiger partial charge < -0.3 is 5.11 Å². The van der Waals surface area contributed by atoms with E-state index >= 15 is 0 Å². The molecule has 0 bridgehead atoms. The van der Waals surface area contributed by atoms with E-state index in [1.54, 1.807) is 23.0 Å². The van der Waals surface area contributed by atoms with Gasteiger partial charge in [-0.15, -0.1) is 0 Å². The third-order valence-electron chi connectivity index (χ3n) is 3.35. The third kappa shape index (κ3) is 3.63. The zero-order valence-electron chi connectivity index (χ0n) is 12.7. The summed E-state index contributed by atoms with van der Waals surface area (Å²) in [4.78, 5) is 0. The molecular formula is C16H20ClFN2O. The van der Waals surface area contributed by atoms with Crippen LogP contribution in [0.5, 0.6) is 0 Å². The fourth-order valence-corrected chi connectivity index (χ4v) is 2.50. The van der Waals surface area contributed by atoms with Gasteiger partial charge in [0.15, 0.2) is 0 Å². The zero-order chi connectivity index (χ0) is 15.8. The van der Waals surface area contributed by atoms with E-state index in [2.05, 4.69) is 5.10 Å². The molecule has 0 spiro atoms. The Morgan fingerprint density at radius 2 is 2.05 bits per heavy atom. The van der Waals surface area contributed by atoms with E-state index in [1.165, 1.54) is 6.07 Å². The van der Waals surface area contributed by atoms with Crippen molar-refractivity contribution >= 4 is 11.6 Å². The van der Waals surface area contributed by atoms with Crippen LogP contribution >= 0.6 is 11.6 Å². The van der Waals surface area contributed by atoms with Gasteiger partial charge >= 0.3 is 0 Å². The highest BCUT2D eigenvalue weighted by atomic mass is 35.5. The number of hydrogen-bond donors (Lipinski definition) is 1. The van der Waals surface area contributed by atoms with Crippen molar-refractivity contribution in [3.8, 4) is 0 Å². The molecule has 0 aliphatic rings. The number of aliphatic hydroxyl groups is 1. The van der Waals surface area contributed by atoms with Crippen molar-refractivity contribution < 1.29 is 9.50 Å². The molecule has 1 heterocycles. The first kappa shape index (κ1) is 16.0. The molecule has 21 heavy (non-hydrogen) atoms. The first-order valence-corrected chi connectivity index (χ1v) is 7.22. The maximum Gasteiger partial charge on any atom is 0.127 e. The van der Waals surface area contributed by atoms with Gasteiger partial charge in [0.05, 0.1) is 11.8 Å². The normalized spacial score (nSPS) is 13.5. The van der Waals surface area contributed by atoms with Crippen molar-refractivity contribution in [1.82, 2.24) is 9.78 Å². The molecule has 5 heteroatoms. The lowest BCUT2D eigenvalue weighted by molar-refractivity contribution is 0.174. The molecule has 1 aromatic carbocycles. The van der Waals surface area contributed by atoms with Crippen LogP contribution in [0.4, 0.5) is 4.39 Å². The van der Waals surface area contributed by atoms with Crippen molar-refractivity contribution in [3.63, 3.8) is 0 Å². The number of aliphatic hydroxyl groups excluding tert-OH is 1. The number of rotatable bonds is 3. The fraction of sp³-hybridized carbons (Fsp3) is 0.438. The molecule has 0 radical (unpaired) electrons. The van der Waals surface area contributed by atoms with E-state index in [0.717, 1.165) is 11.3 Å². The minimum Gasteiger partial charge on any atom is -0.388 e. The lowest BCUT2D eigenvalue weighted by Crippen LogP contribution is -2.17. The Morgan fingerprint density at radius 1 is 1.38 bits per heavy atom. The molecule has 0 saturated heterocycles. The maximum absolute atomic E-state index is 13.8. The molecule has 2 rings (SSSR count). The summed E-state index contributed by atoms with van der Waals surface area (Å²) in [5.41, 5.74) is 1.82. The summed E-state index contributed by atoms with van der Waals surface area (Å²) in [6.07, 6.45) is 1.18. The number of hydrogen-bond acceptors (Lipinski definition) is 2. The topological polar surface area (TPSA) is 38.0 Å². The second kappa shape index (κ2) is 5.78. The fourth-order valence-electron chi connectivity index (χ4n) is 2.34. The zero-order valence-corrected chi connectivity index (χ0v) is 13.4. The number of nitrogens with zero attached hydrogens (tertiary/aromatic N) is 2.